The smallest absolute Gasteiger partial charge is 0.243 e. The van der Waals surface area contributed by atoms with Crippen LogP contribution in [0.2, 0.25) is 0 Å². The topological polar surface area (TPSA) is 54.5 Å². The zero-order chi connectivity index (χ0) is 17.2. The number of rotatable bonds is 6. The highest BCUT2D eigenvalue weighted by Gasteiger charge is 2.43. The Kier molecular flexibility index (Phi) is 5.63. The summed E-state index contributed by atoms with van der Waals surface area (Å²) in [5.41, 5.74) is 1.03. The van der Waals surface area contributed by atoms with Gasteiger partial charge in [-0.1, -0.05) is 38.5 Å². The molecule has 0 aliphatic carbocycles. The van der Waals surface area contributed by atoms with E-state index in [0.29, 0.717) is 17.7 Å². The van der Waals surface area contributed by atoms with Crippen LogP contribution < -0.4 is 0 Å². The molecule has 0 amide bonds. The minimum absolute atomic E-state index is 0.0315. The van der Waals surface area contributed by atoms with Gasteiger partial charge in [0.05, 0.1) is 4.90 Å². The second kappa shape index (κ2) is 7.14. The van der Waals surface area contributed by atoms with Crippen molar-refractivity contribution in [2.24, 2.45) is 5.92 Å². The van der Waals surface area contributed by atoms with Crippen molar-refractivity contribution in [2.75, 3.05) is 0 Å². The van der Waals surface area contributed by atoms with E-state index in [1.54, 1.807) is 16.4 Å². The maximum absolute atomic E-state index is 13.2. The summed E-state index contributed by atoms with van der Waals surface area (Å²) in [4.78, 5) is 12.2. The van der Waals surface area contributed by atoms with Crippen LogP contribution in [0.3, 0.4) is 0 Å². The third-order valence-corrected chi connectivity index (χ3v) is 6.70. The molecule has 0 aromatic heterocycles. The average Bonchev–Trinajstić information content (AvgIpc) is 2.92. The third kappa shape index (κ3) is 3.83. The highest BCUT2D eigenvalue weighted by Crippen LogP contribution is 2.36. The van der Waals surface area contributed by atoms with Crippen molar-refractivity contribution in [2.45, 2.75) is 70.4 Å². The first-order valence-corrected chi connectivity index (χ1v) is 9.83. The first-order chi connectivity index (χ1) is 10.8. The molecule has 1 saturated heterocycles. The minimum Gasteiger partial charge on any atom is -0.300 e. The van der Waals surface area contributed by atoms with E-state index >= 15 is 0 Å². The van der Waals surface area contributed by atoms with E-state index in [1.807, 2.05) is 39.8 Å². The molecule has 1 aromatic rings. The van der Waals surface area contributed by atoms with Crippen LogP contribution in [0.4, 0.5) is 0 Å². The SMILES string of the molecule is CCC(=O)C[C@@H]1CC[C@H](C(C)C)N1S(=O)(=O)c1ccc(C)cc1. The van der Waals surface area contributed by atoms with E-state index in [4.69, 9.17) is 0 Å². The van der Waals surface area contributed by atoms with E-state index in [-0.39, 0.29) is 23.8 Å². The fourth-order valence-electron chi connectivity index (χ4n) is 3.32. The van der Waals surface area contributed by atoms with Crippen LogP contribution in [-0.2, 0) is 14.8 Å². The van der Waals surface area contributed by atoms with Crippen molar-refractivity contribution in [3.05, 3.63) is 29.8 Å². The largest absolute Gasteiger partial charge is 0.300 e. The summed E-state index contributed by atoms with van der Waals surface area (Å²) < 4.78 is 27.9. The Hall–Kier alpha value is -1.20. The third-order valence-electron chi connectivity index (χ3n) is 4.71. The molecule has 0 N–H and O–H groups in total. The Balaban J connectivity index is 2.39. The van der Waals surface area contributed by atoms with Crippen LogP contribution in [0, 0.1) is 12.8 Å². The van der Waals surface area contributed by atoms with Crippen LogP contribution in [0.15, 0.2) is 29.2 Å². The standard InChI is InChI=1S/C18H27NO3S/c1-5-16(20)12-15-8-11-18(13(2)3)19(15)23(21,22)17-9-6-14(4)7-10-17/h6-7,9-10,13,15,18H,5,8,11-12H2,1-4H3/t15-,18+/m0/s1. The van der Waals surface area contributed by atoms with Gasteiger partial charge in [-0.05, 0) is 37.8 Å². The molecule has 0 saturated carbocycles. The molecule has 4 nitrogen and oxygen atoms in total. The zero-order valence-corrected chi connectivity index (χ0v) is 15.3. The summed E-state index contributed by atoms with van der Waals surface area (Å²) >= 11 is 0. The molecule has 1 fully saturated rings. The highest BCUT2D eigenvalue weighted by molar-refractivity contribution is 7.89. The molecule has 1 aliphatic rings. The Morgan fingerprint density at radius 2 is 1.83 bits per heavy atom. The molecule has 128 valence electrons. The van der Waals surface area contributed by atoms with Crippen LogP contribution in [0.5, 0.6) is 0 Å². The van der Waals surface area contributed by atoms with Gasteiger partial charge < -0.3 is 0 Å². The van der Waals surface area contributed by atoms with Crippen molar-refractivity contribution < 1.29 is 13.2 Å². The first kappa shape index (κ1) is 18.1. The maximum atomic E-state index is 13.2. The number of Topliss-reactive ketones (excluding diaryl/α,β-unsaturated/α-hetero) is 1. The number of ketones is 1. The van der Waals surface area contributed by atoms with Gasteiger partial charge in [0.2, 0.25) is 10.0 Å². The van der Waals surface area contributed by atoms with Gasteiger partial charge in [-0.25, -0.2) is 8.42 Å². The minimum atomic E-state index is -3.57. The summed E-state index contributed by atoms with van der Waals surface area (Å²) in [6.45, 7) is 7.86. The lowest BCUT2D eigenvalue weighted by Gasteiger charge is -2.31. The molecular formula is C18H27NO3S. The molecule has 1 heterocycles. The van der Waals surface area contributed by atoms with Crippen molar-refractivity contribution >= 4 is 15.8 Å². The highest BCUT2D eigenvalue weighted by atomic mass is 32.2. The molecule has 2 atom stereocenters. The number of hydrogen-bond donors (Lipinski definition) is 0. The van der Waals surface area contributed by atoms with Crippen LogP contribution in [0.1, 0.15) is 52.0 Å². The Labute approximate surface area is 139 Å². The van der Waals surface area contributed by atoms with Gasteiger partial charge in [0.1, 0.15) is 5.78 Å². The van der Waals surface area contributed by atoms with Crippen molar-refractivity contribution in [1.29, 1.82) is 0 Å². The van der Waals surface area contributed by atoms with Gasteiger partial charge >= 0.3 is 0 Å². The fourth-order valence-corrected chi connectivity index (χ4v) is 5.32. The van der Waals surface area contributed by atoms with E-state index in [9.17, 15) is 13.2 Å². The molecule has 0 bridgehead atoms. The molecule has 2 rings (SSSR count). The van der Waals surface area contributed by atoms with Gasteiger partial charge in [-0.2, -0.15) is 4.31 Å². The van der Waals surface area contributed by atoms with Crippen LogP contribution in [-0.4, -0.2) is 30.6 Å². The average molecular weight is 337 g/mol. The van der Waals surface area contributed by atoms with Crippen molar-refractivity contribution in [3.63, 3.8) is 0 Å². The van der Waals surface area contributed by atoms with Crippen LogP contribution >= 0.6 is 0 Å². The summed E-state index contributed by atoms with van der Waals surface area (Å²) in [6, 6.07) is 6.73. The Bertz CT molecular complexity index is 649. The van der Waals surface area contributed by atoms with Gasteiger partial charge in [-0.15, -0.1) is 0 Å². The van der Waals surface area contributed by atoms with Crippen LogP contribution in [0.25, 0.3) is 0 Å². The van der Waals surface area contributed by atoms with Gasteiger partial charge in [0.15, 0.2) is 0 Å². The second-order valence-corrected chi connectivity index (χ2v) is 8.63. The Morgan fingerprint density at radius 1 is 1.22 bits per heavy atom. The molecule has 5 heteroatoms. The summed E-state index contributed by atoms with van der Waals surface area (Å²) in [5, 5.41) is 0. The summed E-state index contributed by atoms with van der Waals surface area (Å²) in [5.74, 6) is 0.362. The lowest BCUT2D eigenvalue weighted by molar-refractivity contribution is -0.119. The van der Waals surface area contributed by atoms with E-state index in [2.05, 4.69) is 0 Å². The summed E-state index contributed by atoms with van der Waals surface area (Å²) in [6.07, 6.45) is 2.37. The van der Waals surface area contributed by atoms with Gasteiger partial charge in [0.25, 0.3) is 0 Å². The molecule has 1 aliphatic heterocycles. The number of carbonyl (C=O) groups excluding carboxylic acids is 1. The quantitative estimate of drug-likeness (QED) is 0.798. The number of aryl methyl sites for hydroxylation is 1. The van der Waals surface area contributed by atoms with Gasteiger partial charge in [0, 0.05) is 24.9 Å². The fraction of sp³-hybridized carbons (Fsp3) is 0.611. The monoisotopic (exact) mass is 337 g/mol. The molecule has 23 heavy (non-hydrogen) atoms. The predicted octanol–water partition coefficient (Wildman–Crippen LogP) is 3.54. The molecule has 0 spiro atoms. The Morgan fingerprint density at radius 3 is 2.35 bits per heavy atom. The van der Waals surface area contributed by atoms with E-state index in [0.717, 1.165) is 18.4 Å². The molecule has 1 aromatic carbocycles. The number of carbonyl (C=O) groups is 1. The van der Waals surface area contributed by atoms with Crippen molar-refractivity contribution in [3.8, 4) is 0 Å². The number of benzene rings is 1. The number of hydrogen-bond acceptors (Lipinski definition) is 3. The lowest BCUT2D eigenvalue weighted by atomic mass is 10.0. The van der Waals surface area contributed by atoms with Gasteiger partial charge in [-0.3, -0.25) is 4.79 Å². The molecule has 0 unspecified atom stereocenters. The van der Waals surface area contributed by atoms with E-state index < -0.39 is 10.0 Å². The zero-order valence-electron chi connectivity index (χ0n) is 14.5. The number of sulfonamides is 1. The van der Waals surface area contributed by atoms with Crippen molar-refractivity contribution in [1.82, 2.24) is 4.31 Å². The maximum Gasteiger partial charge on any atom is 0.243 e. The molecule has 0 radical (unpaired) electrons. The second-order valence-electron chi connectivity index (χ2n) is 6.79. The first-order valence-electron chi connectivity index (χ1n) is 8.39. The number of nitrogens with zero attached hydrogens (tertiary/aromatic N) is 1. The normalized spacial score (nSPS) is 22.7. The van der Waals surface area contributed by atoms with E-state index in [1.165, 1.54) is 0 Å². The lowest BCUT2D eigenvalue weighted by Crippen LogP contribution is -2.44. The summed E-state index contributed by atoms with van der Waals surface area (Å²) in [7, 11) is -3.57. The molecular weight excluding hydrogens is 310 g/mol. The predicted molar refractivity (Wildman–Crippen MR) is 91.8 cm³/mol.